The van der Waals surface area contributed by atoms with Crippen molar-refractivity contribution in [1.29, 1.82) is 0 Å². The van der Waals surface area contributed by atoms with Crippen LogP contribution >= 0.6 is 11.3 Å². The highest BCUT2D eigenvalue weighted by Crippen LogP contribution is 2.26. The minimum atomic E-state index is -0.706. The molecule has 7 heteroatoms. The highest BCUT2D eigenvalue weighted by atomic mass is 32.1. The van der Waals surface area contributed by atoms with Crippen LogP contribution in [0.3, 0.4) is 0 Å². The van der Waals surface area contributed by atoms with Crippen molar-refractivity contribution in [3.8, 4) is 0 Å². The average Bonchev–Trinajstić information content (AvgIpc) is 2.76. The van der Waals surface area contributed by atoms with E-state index in [1.165, 1.54) is 4.57 Å². The Morgan fingerprint density at radius 3 is 2.48 bits per heavy atom. The van der Waals surface area contributed by atoms with Crippen molar-refractivity contribution in [3.63, 3.8) is 0 Å². The number of rotatable bonds is 5. The van der Waals surface area contributed by atoms with Crippen LogP contribution in [0.15, 0.2) is 9.59 Å². The molecule has 2 aromatic rings. The van der Waals surface area contributed by atoms with Gasteiger partial charge in [0, 0.05) is 6.54 Å². The summed E-state index contributed by atoms with van der Waals surface area (Å²) in [6.45, 7) is 4.91. The normalized spacial score (nSPS) is 11.5. The van der Waals surface area contributed by atoms with E-state index in [0.29, 0.717) is 26.9 Å². The van der Waals surface area contributed by atoms with Gasteiger partial charge in [0.2, 0.25) is 0 Å². The van der Waals surface area contributed by atoms with Gasteiger partial charge in [0.15, 0.2) is 6.29 Å². The Morgan fingerprint density at radius 2 is 1.95 bits per heavy atom. The third kappa shape index (κ3) is 2.57. The molecule has 0 N–H and O–H groups in total. The molecule has 0 spiro atoms. The highest BCUT2D eigenvalue weighted by molar-refractivity contribution is 7.20. The molecule has 0 aromatic carbocycles. The maximum absolute atomic E-state index is 12.8. The van der Waals surface area contributed by atoms with Crippen molar-refractivity contribution in [1.82, 2.24) is 9.13 Å². The number of hydrogen-bond acceptors (Lipinski definition) is 4. The summed E-state index contributed by atoms with van der Waals surface area (Å²) in [5, 5.41) is 0.343. The van der Waals surface area contributed by atoms with Crippen molar-refractivity contribution in [2.45, 2.75) is 33.9 Å². The Kier molecular flexibility index (Phi) is 4.41. The fraction of sp³-hybridized carbons (Fsp3) is 0.500. The molecule has 0 amide bonds. The van der Waals surface area contributed by atoms with Gasteiger partial charge in [-0.25, -0.2) is 9.18 Å². The third-order valence-electron chi connectivity index (χ3n) is 3.29. The van der Waals surface area contributed by atoms with Crippen LogP contribution in [0.5, 0.6) is 0 Å². The Morgan fingerprint density at radius 1 is 1.29 bits per heavy atom. The fourth-order valence-corrected chi connectivity index (χ4v) is 3.47. The summed E-state index contributed by atoms with van der Waals surface area (Å²) in [4.78, 5) is 36.8. The number of halogens is 1. The van der Waals surface area contributed by atoms with Gasteiger partial charge in [-0.15, -0.1) is 11.3 Å². The van der Waals surface area contributed by atoms with Crippen LogP contribution < -0.4 is 11.2 Å². The van der Waals surface area contributed by atoms with E-state index >= 15 is 0 Å². The predicted molar refractivity (Wildman–Crippen MR) is 81.3 cm³/mol. The van der Waals surface area contributed by atoms with E-state index in [4.69, 9.17) is 0 Å². The number of alkyl halides is 1. The third-order valence-corrected chi connectivity index (χ3v) is 4.53. The maximum atomic E-state index is 12.8. The van der Waals surface area contributed by atoms with Crippen LogP contribution in [0.1, 0.15) is 29.1 Å². The van der Waals surface area contributed by atoms with E-state index in [2.05, 4.69) is 0 Å². The Hall–Kier alpha value is -1.76. The molecule has 0 bridgehead atoms. The second kappa shape index (κ2) is 5.93. The molecule has 0 saturated carbocycles. The quantitative estimate of drug-likeness (QED) is 0.793. The summed E-state index contributed by atoms with van der Waals surface area (Å²) in [6.07, 6.45) is 0.663. The summed E-state index contributed by atoms with van der Waals surface area (Å²) in [5.41, 5.74) is -0.363. The zero-order valence-corrected chi connectivity index (χ0v) is 13.0. The zero-order valence-electron chi connectivity index (χ0n) is 12.2. The van der Waals surface area contributed by atoms with Crippen molar-refractivity contribution >= 4 is 27.8 Å². The molecule has 0 unspecified atom stereocenters. The SMILES string of the molecule is Cc1c(C=O)sc2c1c(=O)n(CC(C)C)c(=O)n2CCF. The first-order valence-corrected chi connectivity index (χ1v) is 7.51. The Labute approximate surface area is 124 Å². The number of aryl methyl sites for hydroxylation is 2. The van der Waals surface area contributed by atoms with Gasteiger partial charge in [-0.2, -0.15) is 0 Å². The summed E-state index contributed by atoms with van der Waals surface area (Å²) in [7, 11) is 0. The van der Waals surface area contributed by atoms with Crippen molar-refractivity contribution in [2.75, 3.05) is 6.67 Å². The lowest BCUT2D eigenvalue weighted by Gasteiger charge is -2.12. The van der Waals surface area contributed by atoms with Gasteiger partial charge >= 0.3 is 5.69 Å². The summed E-state index contributed by atoms with van der Waals surface area (Å²) < 4.78 is 15.1. The second-order valence-electron chi connectivity index (χ2n) is 5.32. The Bertz CT molecular complexity index is 801. The standard InChI is InChI=1S/C14H17FN2O3S/c1-8(2)6-17-12(19)11-9(3)10(7-18)21-13(11)16(5-4-15)14(17)20/h7-8H,4-6H2,1-3H3. The molecule has 2 heterocycles. The number of thiophene rings is 1. The van der Waals surface area contributed by atoms with E-state index in [-0.39, 0.29) is 19.0 Å². The van der Waals surface area contributed by atoms with E-state index in [9.17, 15) is 18.8 Å². The molecule has 0 aliphatic rings. The molecule has 21 heavy (non-hydrogen) atoms. The van der Waals surface area contributed by atoms with Crippen molar-refractivity contribution in [2.24, 2.45) is 5.92 Å². The second-order valence-corrected chi connectivity index (χ2v) is 6.35. The summed E-state index contributed by atoms with van der Waals surface area (Å²) in [6, 6.07) is 0. The number of hydrogen-bond donors (Lipinski definition) is 0. The molecule has 5 nitrogen and oxygen atoms in total. The van der Waals surface area contributed by atoms with E-state index in [0.717, 1.165) is 15.9 Å². The maximum Gasteiger partial charge on any atom is 0.332 e. The van der Waals surface area contributed by atoms with E-state index in [1.807, 2.05) is 13.8 Å². The van der Waals surface area contributed by atoms with Crippen LogP contribution in [0.25, 0.3) is 10.2 Å². The van der Waals surface area contributed by atoms with Gasteiger partial charge < -0.3 is 0 Å². The Balaban J connectivity index is 2.94. The molecule has 2 aromatic heterocycles. The number of carbonyl (C=O) groups is 1. The number of aldehydes is 1. The lowest BCUT2D eigenvalue weighted by atomic mass is 10.2. The zero-order chi connectivity index (χ0) is 15.7. The van der Waals surface area contributed by atoms with Gasteiger partial charge in [-0.1, -0.05) is 13.8 Å². The van der Waals surface area contributed by atoms with Crippen molar-refractivity contribution < 1.29 is 9.18 Å². The van der Waals surface area contributed by atoms with Crippen molar-refractivity contribution in [3.05, 3.63) is 31.3 Å². The molecule has 0 aliphatic carbocycles. The summed E-state index contributed by atoms with van der Waals surface area (Å²) >= 11 is 1.06. The predicted octanol–water partition coefficient (Wildman–Crippen LogP) is 1.97. The average molecular weight is 312 g/mol. The van der Waals surface area contributed by atoms with Gasteiger partial charge in [0.1, 0.15) is 11.5 Å². The molecule has 0 atom stereocenters. The van der Waals surface area contributed by atoms with Crippen LogP contribution in [-0.2, 0) is 13.1 Å². The molecular weight excluding hydrogens is 295 g/mol. The first-order chi connectivity index (χ1) is 9.92. The van der Waals surface area contributed by atoms with Gasteiger partial charge in [0.25, 0.3) is 5.56 Å². The van der Waals surface area contributed by atoms with Crippen LogP contribution in [0.4, 0.5) is 4.39 Å². The topological polar surface area (TPSA) is 61.1 Å². The van der Waals surface area contributed by atoms with Crippen LogP contribution in [-0.4, -0.2) is 22.1 Å². The molecular formula is C14H17FN2O3S. The number of nitrogens with zero attached hydrogens (tertiary/aromatic N) is 2. The monoisotopic (exact) mass is 312 g/mol. The first-order valence-electron chi connectivity index (χ1n) is 6.70. The fourth-order valence-electron chi connectivity index (χ4n) is 2.33. The number of carbonyl (C=O) groups excluding carboxylic acids is 1. The number of aromatic nitrogens is 2. The van der Waals surface area contributed by atoms with E-state index < -0.39 is 17.9 Å². The smallest absolute Gasteiger partial charge is 0.297 e. The first kappa shape index (κ1) is 15.6. The van der Waals surface area contributed by atoms with Gasteiger partial charge in [-0.3, -0.25) is 18.7 Å². The number of fused-ring (bicyclic) bond motifs is 1. The lowest BCUT2D eigenvalue weighted by Crippen LogP contribution is -2.41. The molecule has 0 saturated heterocycles. The minimum absolute atomic E-state index is 0.108. The van der Waals surface area contributed by atoms with Gasteiger partial charge in [0.05, 0.1) is 16.8 Å². The lowest BCUT2D eigenvalue weighted by molar-refractivity contribution is 0.112. The summed E-state index contributed by atoms with van der Waals surface area (Å²) in [5.74, 6) is 0.108. The molecule has 114 valence electrons. The molecule has 0 aliphatic heterocycles. The molecule has 0 fully saturated rings. The molecule has 2 rings (SSSR count). The van der Waals surface area contributed by atoms with Gasteiger partial charge in [-0.05, 0) is 18.4 Å². The minimum Gasteiger partial charge on any atom is -0.297 e. The van der Waals surface area contributed by atoms with Crippen LogP contribution in [0.2, 0.25) is 0 Å². The van der Waals surface area contributed by atoms with Crippen LogP contribution in [0, 0.1) is 12.8 Å². The highest BCUT2D eigenvalue weighted by Gasteiger charge is 2.19. The van der Waals surface area contributed by atoms with E-state index in [1.54, 1.807) is 6.92 Å². The largest absolute Gasteiger partial charge is 0.332 e. The molecule has 0 radical (unpaired) electrons.